The quantitative estimate of drug-likeness (QED) is 0.374. The second-order valence-corrected chi connectivity index (χ2v) is 11.5. The molecule has 1 saturated heterocycles. The molecule has 2 aliphatic heterocycles. The zero-order chi connectivity index (χ0) is 29.9. The van der Waals surface area contributed by atoms with Crippen molar-refractivity contribution in [3.63, 3.8) is 0 Å². The Hall–Kier alpha value is -3.89. The summed E-state index contributed by atoms with van der Waals surface area (Å²) in [7, 11) is 0. The third-order valence-corrected chi connectivity index (χ3v) is 7.41. The standard InChI is InChI=1S/C32H40N4O6/c1-6-40-26-12-11-25-29(34-26)27-28(33-25)24(31(38)42-21(2)3)19-36(20-32(27,4)5)30(37)22-7-9-23(10-8-22)41-18-15-35-13-16-39-17-14-35/h7-12,19,21,33H,6,13-18,20H2,1-5H3. The maximum Gasteiger partial charge on any atom is 0.342 e. The van der Waals surface area contributed by atoms with Crippen LogP contribution in [0.1, 0.15) is 56.2 Å². The molecule has 0 atom stereocenters. The van der Waals surface area contributed by atoms with Crippen LogP contribution in [0.15, 0.2) is 42.6 Å². The van der Waals surface area contributed by atoms with Crippen molar-refractivity contribution in [2.24, 2.45) is 0 Å². The summed E-state index contributed by atoms with van der Waals surface area (Å²) in [6, 6.07) is 10.8. The Kier molecular flexibility index (Phi) is 8.84. The highest BCUT2D eigenvalue weighted by Crippen LogP contribution is 2.40. The lowest BCUT2D eigenvalue weighted by molar-refractivity contribution is -0.140. The summed E-state index contributed by atoms with van der Waals surface area (Å²) < 4.78 is 22.6. The number of aromatic nitrogens is 2. The number of hydrogen-bond acceptors (Lipinski definition) is 8. The highest BCUT2D eigenvalue weighted by molar-refractivity contribution is 6.18. The predicted octanol–water partition coefficient (Wildman–Crippen LogP) is 4.40. The fourth-order valence-electron chi connectivity index (χ4n) is 5.45. The van der Waals surface area contributed by atoms with Gasteiger partial charge in [0.05, 0.1) is 48.2 Å². The van der Waals surface area contributed by atoms with E-state index in [0.717, 1.165) is 43.9 Å². The fourth-order valence-corrected chi connectivity index (χ4v) is 5.45. The number of amides is 1. The number of aromatic amines is 1. The van der Waals surface area contributed by atoms with Crippen LogP contribution in [-0.4, -0.2) is 90.4 Å². The molecule has 0 spiro atoms. The molecule has 10 nitrogen and oxygen atoms in total. The molecule has 2 aromatic heterocycles. The number of ether oxygens (including phenoxy) is 4. The number of pyridine rings is 1. The molecule has 224 valence electrons. The average Bonchev–Trinajstić information content (AvgIpc) is 3.29. The molecule has 5 rings (SSSR count). The Morgan fingerprint density at radius 3 is 2.50 bits per heavy atom. The number of fused-ring (bicyclic) bond motifs is 3. The molecule has 10 heteroatoms. The van der Waals surface area contributed by atoms with Crippen LogP contribution in [0.5, 0.6) is 11.6 Å². The Labute approximate surface area is 246 Å². The van der Waals surface area contributed by atoms with E-state index in [0.29, 0.717) is 48.2 Å². The molecule has 0 saturated carbocycles. The lowest BCUT2D eigenvalue weighted by Crippen LogP contribution is -2.38. The molecule has 4 heterocycles. The van der Waals surface area contributed by atoms with E-state index >= 15 is 0 Å². The van der Waals surface area contributed by atoms with Crippen LogP contribution in [0.2, 0.25) is 0 Å². The first-order chi connectivity index (χ1) is 20.2. The van der Waals surface area contributed by atoms with E-state index in [1.807, 2.05) is 39.0 Å². The van der Waals surface area contributed by atoms with E-state index in [-0.39, 0.29) is 17.6 Å². The van der Waals surface area contributed by atoms with Gasteiger partial charge in [0.15, 0.2) is 0 Å². The fraction of sp³-hybridized carbons (Fsp3) is 0.469. The van der Waals surface area contributed by atoms with Gasteiger partial charge in [-0.2, -0.15) is 0 Å². The number of carbonyl (C=O) groups excluding carboxylic acids is 2. The number of benzene rings is 1. The molecule has 0 unspecified atom stereocenters. The third-order valence-electron chi connectivity index (χ3n) is 7.41. The van der Waals surface area contributed by atoms with Crippen molar-refractivity contribution in [1.82, 2.24) is 19.8 Å². The number of esters is 1. The first-order valence-corrected chi connectivity index (χ1v) is 14.6. The van der Waals surface area contributed by atoms with Crippen LogP contribution in [0, 0.1) is 0 Å². The molecule has 1 fully saturated rings. The molecule has 0 radical (unpaired) electrons. The minimum Gasteiger partial charge on any atom is -0.492 e. The molecule has 42 heavy (non-hydrogen) atoms. The molecule has 0 aliphatic carbocycles. The number of hydrogen-bond donors (Lipinski definition) is 1. The molecule has 0 bridgehead atoms. The van der Waals surface area contributed by atoms with Crippen LogP contribution < -0.4 is 9.47 Å². The van der Waals surface area contributed by atoms with Gasteiger partial charge in [-0.05, 0) is 51.1 Å². The normalized spacial score (nSPS) is 17.0. The van der Waals surface area contributed by atoms with Crippen LogP contribution in [0.3, 0.4) is 0 Å². The summed E-state index contributed by atoms with van der Waals surface area (Å²) in [5, 5.41) is 0. The van der Waals surface area contributed by atoms with Crippen LogP contribution in [-0.2, 0) is 19.7 Å². The van der Waals surface area contributed by atoms with Crippen LogP contribution in [0.25, 0.3) is 16.6 Å². The van der Waals surface area contributed by atoms with Gasteiger partial charge in [0.25, 0.3) is 5.91 Å². The summed E-state index contributed by atoms with van der Waals surface area (Å²) in [6.45, 7) is 15.1. The zero-order valence-electron chi connectivity index (χ0n) is 25.1. The molecule has 3 aromatic rings. The minimum absolute atomic E-state index is 0.227. The summed E-state index contributed by atoms with van der Waals surface area (Å²) >= 11 is 0. The van der Waals surface area contributed by atoms with Crippen molar-refractivity contribution in [1.29, 1.82) is 0 Å². The van der Waals surface area contributed by atoms with Crippen molar-refractivity contribution in [3.8, 4) is 11.6 Å². The van der Waals surface area contributed by atoms with E-state index in [1.54, 1.807) is 43.1 Å². The van der Waals surface area contributed by atoms with E-state index in [9.17, 15) is 9.59 Å². The summed E-state index contributed by atoms with van der Waals surface area (Å²) in [5.41, 5.74) is 3.12. The second-order valence-electron chi connectivity index (χ2n) is 11.5. The average molecular weight is 577 g/mol. The zero-order valence-corrected chi connectivity index (χ0v) is 25.1. The van der Waals surface area contributed by atoms with Crippen molar-refractivity contribution < 1.29 is 28.5 Å². The Morgan fingerprint density at radius 1 is 1.07 bits per heavy atom. The van der Waals surface area contributed by atoms with Crippen molar-refractivity contribution in [2.45, 2.75) is 46.1 Å². The van der Waals surface area contributed by atoms with Gasteiger partial charge in [-0.1, -0.05) is 13.8 Å². The lowest BCUT2D eigenvalue weighted by atomic mass is 9.83. The Morgan fingerprint density at radius 2 is 1.81 bits per heavy atom. The van der Waals surface area contributed by atoms with Crippen molar-refractivity contribution in [2.75, 3.05) is 52.6 Å². The second kappa shape index (κ2) is 12.5. The topological polar surface area (TPSA) is 106 Å². The van der Waals surface area contributed by atoms with Crippen LogP contribution in [0.4, 0.5) is 0 Å². The largest absolute Gasteiger partial charge is 0.492 e. The maximum atomic E-state index is 13.9. The third kappa shape index (κ3) is 6.44. The summed E-state index contributed by atoms with van der Waals surface area (Å²) in [5.74, 6) is 0.463. The van der Waals surface area contributed by atoms with Crippen molar-refractivity contribution in [3.05, 3.63) is 59.4 Å². The van der Waals surface area contributed by atoms with Gasteiger partial charge in [0.2, 0.25) is 5.88 Å². The molecule has 2 aliphatic rings. The number of carbonyl (C=O) groups is 2. The molecular formula is C32H40N4O6. The van der Waals surface area contributed by atoms with Crippen molar-refractivity contribution >= 4 is 28.5 Å². The number of nitrogens with zero attached hydrogens (tertiary/aromatic N) is 3. The van der Waals surface area contributed by atoms with Gasteiger partial charge in [0.1, 0.15) is 12.4 Å². The Bertz CT molecular complexity index is 1450. The first-order valence-electron chi connectivity index (χ1n) is 14.6. The predicted molar refractivity (Wildman–Crippen MR) is 160 cm³/mol. The Balaban J connectivity index is 1.42. The lowest BCUT2D eigenvalue weighted by Gasteiger charge is -2.29. The van der Waals surface area contributed by atoms with Gasteiger partial charge in [-0.3, -0.25) is 9.69 Å². The highest BCUT2D eigenvalue weighted by Gasteiger charge is 2.38. The summed E-state index contributed by atoms with van der Waals surface area (Å²) in [4.78, 5) is 39.3. The summed E-state index contributed by atoms with van der Waals surface area (Å²) in [6.07, 6.45) is 1.27. The monoisotopic (exact) mass is 576 g/mol. The van der Waals surface area contributed by atoms with Gasteiger partial charge < -0.3 is 28.8 Å². The number of morpholine rings is 1. The minimum atomic E-state index is -0.569. The van der Waals surface area contributed by atoms with Gasteiger partial charge >= 0.3 is 5.97 Å². The molecule has 1 N–H and O–H groups in total. The number of H-pyrrole nitrogens is 1. The van der Waals surface area contributed by atoms with E-state index < -0.39 is 11.4 Å². The molecule has 1 aromatic carbocycles. The van der Waals surface area contributed by atoms with E-state index in [1.165, 1.54) is 0 Å². The SMILES string of the molecule is CCOc1ccc2[nH]c3c(c2n1)C(C)(C)CN(C(=O)c1ccc(OCCN2CCOCC2)cc1)C=C3C(=O)OC(C)C. The first kappa shape index (κ1) is 29.6. The molecular weight excluding hydrogens is 536 g/mol. The maximum absolute atomic E-state index is 13.9. The smallest absolute Gasteiger partial charge is 0.342 e. The number of nitrogens with one attached hydrogen (secondary N) is 1. The van der Waals surface area contributed by atoms with Gasteiger partial charge in [-0.25, -0.2) is 9.78 Å². The number of rotatable bonds is 9. The highest BCUT2D eigenvalue weighted by atomic mass is 16.5. The van der Waals surface area contributed by atoms with E-state index in [2.05, 4.69) is 9.88 Å². The van der Waals surface area contributed by atoms with Gasteiger partial charge in [0, 0.05) is 55.0 Å². The molecule has 1 amide bonds. The van der Waals surface area contributed by atoms with E-state index in [4.69, 9.17) is 23.9 Å². The van der Waals surface area contributed by atoms with Gasteiger partial charge in [-0.15, -0.1) is 0 Å². The van der Waals surface area contributed by atoms with Crippen LogP contribution >= 0.6 is 0 Å².